The van der Waals surface area contributed by atoms with Crippen molar-refractivity contribution in [3.8, 4) is 6.07 Å². The Balaban J connectivity index is 1.69. The summed E-state index contributed by atoms with van der Waals surface area (Å²) < 4.78 is 0. The molecule has 2 unspecified atom stereocenters. The van der Waals surface area contributed by atoms with Crippen molar-refractivity contribution in [2.24, 2.45) is 16.7 Å². The van der Waals surface area contributed by atoms with Crippen molar-refractivity contribution >= 4 is 0 Å². The van der Waals surface area contributed by atoms with Crippen LogP contribution in [0, 0.1) is 28.1 Å². The summed E-state index contributed by atoms with van der Waals surface area (Å²) in [6, 6.07) is 13.6. The maximum absolute atomic E-state index is 10.1. The molecule has 0 bridgehead atoms. The summed E-state index contributed by atoms with van der Waals surface area (Å²) in [6.07, 6.45) is 24.6. The summed E-state index contributed by atoms with van der Waals surface area (Å²) in [4.78, 5) is 0. The highest BCUT2D eigenvalue weighted by Gasteiger charge is 2.38. The lowest BCUT2D eigenvalue weighted by Crippen LogP contribution is -2.29. The van der Waals surface area contributed by atoms with E-state index in [2.05, 4.69) is 74.6 Å². The molecule has 2 aliphatic carbocycles. The van der Waals surface area contributed by atoms with Crippen LogP contribution in [0.25, 0.3) is 0 Å². The summed E-state index contributed by atoms with van der Waals surface area (Å²) in [5.41, 5.74) is 1.42. The molecule has 3 rings (SSSR count). The van der Waals surface area contributed by atoms with E-state index in [1.807, 2.05) is 0 Å². The minimum absolute atomic E-state index is 0.0924. The van der Waals surface area contributed by atoms with E-state index in [-0.39, 0.29) is 10.8 Å². The molecule has 1 fully saturated rings. The summed E-state index contributed by atoms with van der Waals surface area (Å²) in [6.45, 7) is 4.62. The molecule has 2 aliphatic rings. The van der Waals surface area contributed by atoms with Gasteiger partial charge >= 0.3 is 0 Å². The van der Waals surface area contributed by atoms with Gasteiger partial charge in [-0.25, -0.2) is 0 Å². The smallest absolute Gasteiger partial charge is 0.0689 e. The molecule has 0 aliphatic heterocycles. The minimum atomic E-state index is -0.0924. The van der Waals surface area contributed by atoms with Gasteiger partial charge in [0, 0.05) is 11.3 Å². The molecular formula is C29H41N. The van der Waals surface area contributed by atoms with Crippen molar-refractivity contribution < 1.29 is 0 Å². The van der Waals surface area contributed by atoms with E-state index in [1.54, 1.807) is 0 Å². The fourth-order valence-corrected chi connectivity index (χ4v) is 5.64. The standard InChI is InChI=1S/C29H41N/c1-3-4-5-6-10-17-28(21-22-29(24-30)18-11-12-25(2)23-29)19-15-27(16-20-28)26-13-8-7-9-14-26/h7-9,13-16,19-20,25,27H,3-6,10-12,17-18,21-23H2,1-2H3. The van der Waals surface area contributed by atoms with E-state index in [0.29, 0.717) is 11.8 Å². The summed E-state index contributed by atoms with van der Waals surface area (Å²) in [7, 11) is 0. The van der Waals surface area contributed by atoms with Crippen LogP contribution in [0.1, 0.15) is 102 Å². The molecule has 0 N–H and O–H groups in total. The Morgan fingerprint density at radius 2 is 1.70 bits per heavy atom. The molecule has 1 aromatic carbocycles. The van der Waals surface area contributed by atoms with Crippen molar-refractivity contribution in [1.82, 2.24) is 0 Å². The highest BCUT2D eigenvalue weighted by atomic mass is 14.4. The number of benzene rings is 1. The van der Waals surface area contributed by atoms with Gasteiger partial charge in [0.25, 0.3) is 0 Å². The first-order valence-corrected chi connectivity index (χ1v) is 12.5. The lowest BCUT2D eigenvalue weighted by atomic mass is 9.64. The van der Waals surface area contributed by atoms with Gasteiger partial charge in [0.1, 0.15) is 0 Å². The second-order valence-electron chi connectivity index (χ2n) is 10.1. The monoisotopic (exact) mass is 403 g/mol. The lowest BCUT2D eigenvalue weighted by molar-refractivity contribution is 0.176. The third kappa shape index (κ3) is 6.10. The van der Waals surface area contributed by atoms with Gasteiger partial charge in [-0.3, -0.25) is 0 Å². The highest BCUT2D eigenvalue weighted by Crippen LogP contribution is 2.47. The van der Waals surface area contributed by atoms with Gasteiger partial charge in [0.2, 0.25) is 0 Å². The first-order valence-electron chi connectivity index (χ1n) is 12.5. The first kappa shape index (κ1) is 22.9. The first-order chi connectivity index (χ1) is 14.6. The average Bonchev–Trinajstić information content (AvgIpc) is 2.79. The third-order valence-electron chi connectivity index (χ3n) is 7.60. The van der Waals surface area contributed by atoms with Gasteiger partial charge in [-0.1, -0.05) is 113 Å². The number of nitrogens with zero attached hydrogens (tertiary/aromatic N) is 1. The summed E-state index contributed by atoms with van der Waals surface area (Å²) >= 11 is 0. The molecule has 2 atom stereocenters. The fraction of sp³-hybridized carbons (Fsp3) is 0.621. The molecule has 1 aromatic rings. The van der Waals surface area contributed by atoms with Gasteiger partial charge < -0.3 is 0 Å². The number of unbranched alkanes of at least 4 members (excludes halogenated alkanes) is 4. The number of allylic oxidation sites excluding steroid dienone is 4. The maximum atomic E-state index is 10.1. The van der Waals surface area contributed by atoms with Crippen molar-refractivity contribution in [2.75, 3.05) is 0 Å². The third-order valence-corrected chi connectivity index (χ3v) is 7.60. The Morgan fingerprint density at radius 3 is 2.37 bits per heavy atom. The van der Waals surface area contributed by atoms with Crippen molar-refractivity contribution in [3.05, 3.63) is 60.2 Å². The van der Waals surface area contributed by atoms with Crippen LogP contribution >= 0.6 is 0 Å². The molecule has 0 aromatic heterocycles. The SMILES string of the molecule is CCCCCCCC1(CCC2(C#N)CCCC(C)C2)C=CC(c2ccccc2)C=C1. The van der Waals surface area contributed by atoms with E-state index in [0.717, 1.165) is 25.7 Å². The van der Waals surface area contributed by atoms with Gasteiger partial charge in [-0.2, -0.15) is 5.26 Å². The zero-order chi connectivity index (χ0) is 21.3. The fourth-order valence-electron chi connectivity index (χ4n) is 5.64. The van der Waals surface area contributed by atoms with Crippen LogP contribution in [0.5, 0.6) is 0 Å². The summed E-state index contributed by atoms with van der Waals surface area (Å²) in [5, 5.41) is 10.1. The molecule has 0 saturated heterocycles. The van der Waals surface area contributed by atoms with E-state index in [9.17, 15) is 5.26 Å². The Hall–Kier alpha value is -1.81. The zero-order valence-electron chi connectivity index (χ0n) is 19.3. The Morgan fingerprint density at radius 1 is 0.967 bits per heavy atom. The average molecular weight is 404 g/mol. The molecule has 162 valence electrons. The van der Waals surface area contributed by atoms with Crippen molar-refractivity contribution in [3.63, 3.8) is 0 Å². The topological polar surface area (TPSA) is 23.8 Å². The number of nitriles is 1. The molecule has 0 heterocycles. The maximum Gasteiger partial charge on any atom is 0.0689 e. The molecular weight excluding hydrogens is 362 g/mol. The van der Waals surface area contributed by atoms with E-state index in [4.69, 9.17) is 0 Å². The number of hydrogen-bond donors (Lipinski definition) is 0. The number of rotatable bonds is 10. The van der Waals surface area contributed by atoms with Gasteiger partial charge in [-0.05, 0) is 43.6 Å². The zero-order valence-corrected chi connectivity index (χ0v) is 19.3. The van der Waals surface area contributed by atoms with Crippen LogP contribution in [0.2, 0.25) is 0 Å². The van der Waals surface area contributed by atoms with Crippen LogP contribution in [0.4, 0.5) is 0 Å². The van der Waals surface area contributed by atoms with Crippen LogP contribution in [-0.2, 0) is 0 Å². The predicted molar refractivity (Wildman–Crippen MR) is 128 cm³/mol. The molecule has 0 spiro atoms. The quantitative estimate of drug-likeness (QED) is 0.283. The second-order valence-corrected chi connectivity index (χ2v) is 10.1. The lowest BCUT2D eigenvalue weighted by Gasteiger charge is -2.38. The molecule has 0 radical (unpaired) electrons. The summed E-state index contributed by atoms with van der Waals surface area (Å²) in [5.74, 6) is 1.09. The van der Waals surface area contributed by atoms with E-state index >= 15 is 0 Å². The molecule has 0 amide bonds. The molecule has 1 heteroatoms. The van der Waals surface area contributed by atoms with Crippen LogP contribution < -0.4 is 0 Å². The largest absolute Gasteiger partial charge is 0.198 e. The highest BCUT2D eigenvalue weighted by molar-refractivity contribution is 5.34. The van der Waals surface area contributed by atoms with Crippen molar-refractivity contribution in [1.29, 1.82) is 5.26 Å². The second kappa shape index (κ2) is 11.0. The minimum Gasteiger partial charge on any atom is -0.198 e. The number of hydrogen-bond acceptors (Lipinski definition) is 1. The van der Waals surface area contributed by atoms with Crippen LogP contribution in [0.3, 0.4) is 0 Å². The van der Waals surface area contributed by atoms with Crippen LogP contribution in [-0.4, -0.2) is 0 Å². The molecule has 30 heavy (non-hydrogen) atoms. The molecule has 1 nitrogen and oxygen atoms in total. The Labute approximate surface area is 185 Å². The van der Waals surface area contributed by atoms with E-state index < -0.39 is 0 Å². The van der Waals surface area contributed by atoms with Gasteiger partial charge in [-0.15, -0.1) is 0 Å². The predicted octanol–water partition coefficient (Wildman–Crippen LogP) is 8.74. The van der Waals surface area contributed by atoms with Crippen molar-refractivity contribution in [2.45, 2.75) is 96.8 Å². The van der Waals surface area contributed by atoms with Gasteiger partial charge in [0.15, 0.2) is 0 Å². The Bertz CT molecular complexity index is 723. The van der Waals surface area contributed by atoms with Crippen LogP contribution in [0.15, 0.2) is 54.6 Å². The normalized spacial score (nSPS) is 30.8. The van der Waals surface area contributed by atoms with E-state index in [1.165, 1.54) is 56.9 Å². The molecule has 1 saturated carbocycles. The van der Waals surface area contributed by atoms with Gasteiger partial charge in [0.05, 0.1) is 11.5 Å². The Kier molecular flexibility index (Phi) is 8.38.